The monoisotopic (exact) mass is 199 g/mol. The van der Waals surface area contributed by atoms with Crippen molar-refractivity contribution in [3.05, 3.63) is 48.2 Å². The van der Waals surface area contributed by atoms with Crippen molar-refractivity contribution < 1.29 is 4.79 Å². The van der Waals surface area contributed by atoms with Crippen molar-refractivity contribution in [2.24, 2.45) is 0 Å². The zero-order valence-corrected chi connectivity index (χ0v) is 8.73. The van der Waals surface area contributed by atoms with Crippen LogP contribution in [0.2, 0.25) is 0 Å². The highest BCUT2D eigenvalue weighted by atomic mass is 16.1. The number of fused-ring (bicyclic) bond motifs is 1. The van der Waals surface area contributed by atoms with E-state index in [1.165, 1.54) is 0 Å². The van der Waals surface area contributed by atoms with Crippen LogP contribution in [0.5, 0.6) is 0 Å². The third-order valence-electron chi connectivity index (χ3n) is 2.71. The van der Waals surface area contributed by atoms with Crippen LogP contribution in [0, 0.1) is 6.92 Å². The molecule has 1 aromatic carbocycles. The first kappa shape index (κ1) is 9.71. The quantitative estimate of drug-likeness (QED) is 0.550. The van der Waals surface area contributed by atoms with Gasteiger partial charge in [0.25, 0.3) is 0 Å². The second-order valence-corrected chi connectivity index (χ2v) is 3.53. The molecule has 2 nitrogen and oxygen atoms in total. The molecule has 2 rings (SSSR count). The molecule has 2 heteroatoms. The first-order valence-corrected chi connectivity index (χ1v) is 4.93. The van der Waals surface area contributed by atoms with E-state index < -0.39 is 0 Å². The van der Waals surface area contributed by atoms with E-state index in [2.05, 4.69) is 11.1 Å². The Morgan fingerprint density at radius 3 is 2.80 bits per heavy atom. The molecule has 1 aromatic heterocycles. The van der Waals surface area contributed by atoms with Gasteiger partial charge in [0.05, 0.1) is 0 Å². The molecule has 0 fully saturated rings. The fourth-order valence-electron chi connectivity index (χ4n) is 1.97. The molecule has 0 bridgehead atoms. The molecular weight excluding hydrogens is 186 g/mol. The molecular formula is C13H13NO. The minimum atomic E-state index is 0.736. The van der Waals surface area contributed by atoms with Gasteiger partial charge in [0, 0.05) is 28.7 Å². The van der Waals surface area contributed by atoms with Gasteiger partial charge in [0.2, 0.25) is 0 Å². The number of hydrogen-bond acceptors (Lipinski definition) is 1. The maximum Gasteiger partial charge on any atom is 0.152 e. The highest BCUT2D eigenvalue weighted by molar-refractivity contribution is 5.99. The SMILES string of the molecule is C=CCn1c(C)c(C=O)c2ccccc21. The average Bonchev–Trinajstić information content (AvgIpc) is 2.53. The molecule has 0 saturated heterocycles. The summed E-state index contributed by atoms with van der Waals surface area (Å²) in [6.45, 7) is 6.43. The van der Waals surface area contributed by atoms with Crippen LogP contribution in [0.15, 0.2) is 36.9 Å². The standard InChI is InChI=1S/C13H13NO/c1-3-8-14-10(2)12(9-15)11-6-4-5-7-13(11)14/h3-7,9H,1,8H2,2H3. The van der Waals surface area contributed by atoms with Gasteiger partial charge in [0.15, 0.2) is 6.29 Å². The van der Waals surface area contributed by atoms with Crippen LogP contribution in [0.4, 0.5) is 0 Å². The number of aldehydes is 1. The number of benzene rings is 1. The van der Waals surface area contributed by atoms with E-state index in [0.717, 1.165) is 35.0 Å². The summed E-state index contributed by atoms with van der Waals surface area (Å²) in [7, 11) is 0. The molecule has 0 saturated carbocycles. The first-order valence-electron chi connectivity index (χ1n) is 4.93. The Kier molecular flexibility index (Phi) is 2.42. The summed E-state index contributed by atoms with van der Waals surface area (Å²) >= 11 is 0. The predicted octanol–water partition coefficient (Wildman–Crippen LogP) is 2.95. The van der Waals surface area contributed by atoms with E-state index in [-0.39, 0.29) is 0 Å². The Bertz CT molecular complexity index is 523. The summed E-state index contributed by atoms with van der Waals surface area (Å²) < 4.78 is 2.10. The van der Waals surface area contributed by atoms with E-state index in [1.807, 2.05) is 37.3 Å². The lowest BCUT2D eigenvalue weighted by atomic mass is 10.1. The lowest BCUT2D eigenvalue weighted by molar-refractivity contribution is 0.112. The summed E-state index contributed by atoms with van der Waals surface area (Å²) in [4.78, 5) is 11.0. The zero-order valence-electron chi connectivity index (χ0n) is 8.73. The summed E-state index contributed by atoms with van der Waals surface area (Å²) in [6.07, 6.45) is 2.77. The molecule has 0 unspecified atom stereocenters. The number of para-hydroxylation sites is 1. The lowest BCUT2D eigenvalue weighted by Gasteiger charge is -2.03. The van der Waals surface area contributed by atoms with Gasteiger partial charge in [-0.25, -0.2) is 0 Å². The Morgan fingerprint density at radius 2 is 2.13 bits per heavy atom. The topological polar surface area (TPSA) is 22.0 Å². The summed E-state index contributed by atoms with van der Waals surface area (Å²) in [5.74, 6) is 0. The summed E-state index contributed by atoms with van der Waals surface area (Å²) in [5.41, 5.74) is 2.88. The maximum absolute atomic E-state index is 11.0. The number of nitrogens with zero attached hydrogens (tertiary/aromatic N) is 1. The zero-order chi connectivity index (χ0) is 10.8. The van der Waals surface area contributed by atoms with Gasteiger partial charge in [-0.2, -0.15) is 0 Å². The molecule has 0 spiro atoms. The highest BCUT2D eigenvalue weighted by Crippen LogP contribution is 2.24. The van der Waals surface area contributed by atoms with Crippen LogP contribution in [0.1, 0.15) is 16.1 Å². The highest BCUT2D eigenvalue weighted by Gasteiger charge is 2.11. The maximum atomic E-state index is 11.0. The van der Waals surface area contributed by atoms with E-state index in [1.54, 1.807) is 0 Å². The van der Waals surface area contributed by atoms with Crippen molar-refractivity contribution in [3.63, 3.8) is 0 Å². The van der Waals surface area contributed by atoms with Gasteiger partial charge in [-0.05, 0) is 13.0 Å². The smallest absolute Gasteiger partial charge is 0.152 e. The Labute approximate surface area is 88.8 Å². The normalized spacial score (nSPS) is 10.5. The molecule has 15 heavy (non-hydrogen) atoms. The fourth-order valence-corrected chi connectivity index (χ4v) is 1.97. The molecule has 0 atom stereocenters. The van der Waals surface area contributed by atoms with Crippen molar-refractivity contribution in [1.82, 2.24) is 4.57 Å². The largest absolute Gasteiger partial charge is 0.340 e. The predicted molar refractivity (Wildman–Crippen MR) is 62.3 cm³/mol. The van der Waals surface area contributed by atoms with Gasteiger partial charge in [0.1, 0.15) is 0 Å². The van der Waals surface area contributed by atoms with Crippen LogP contribution in [-0.2, 0) is 6.54 Å². The fraction of sp³-hybridized carbons (Fsp3) is 0.154. The third-order valence-corrected chi connectivity index (χ3v) is 2.71. The van der Waals surface area contributed by atoms with Gasteiger partial charge >= 0.3 is 0 Å². The second kappa shape index (κ2) is 3.73. The minimum Gasteiger partial charge on any atom is -0.340 e. The van der Waals surface area contributed by atoms with Crippen LogP contribution >= 0.6 is 0 Å². The second-order valence-electron chi connectivity index (χ2n) is 3.53. The number of rotatable bonds is 3. The van der Waals surface area contributed by atoms with Gasteiger partial charge in [-0.15, -0.1) is 6.58 Å². The van der Waals surface area contributed by atoms with E-state index in [4.69, 9.17) is 0 Å². The molecule has 0 N–H and O–H groups in total. The number of allylic oxidation sites excluding steroid dienone is 1. The van der Waals surface area contributed by atoms with Crippen molar-refractivity contribution in [1.29, 1.82) is 0 Å². The molecule has 0 aliphatic rings. The van der Waals surface area contributed by atoms with Crippen molar-refractivity contribution in [2.45, 2.75) is 13.5 Å². The van der Waals surface area contributed by atoms with E-state index in [0.29, 0.717) is 0 Å². The van der Waals surface area contributed by atoms with Crippen LogP contribution < -0.4 is 0 Å². The van der Waals surface area contributed by atoms with Gasteiger partial charge in [-0.3, -0.25) is 4.79 Å². The minimum absolute atomic E-state index is 0.736. The first-order chi connectivity index (χ1) is 7.29. The molecule has 2 aromatic rings. The Balaban J connectivity index is 2.83. The Morgan fingerprint density at radius 1 is 1.40 bits per heavy atom. The van der Waals surface area contributed by atoms with Gasteiger partial charge < -0.3 is 4.57 Å². The number of hydrogen-bond donors (Lipinski definition) is 0. The van der Waals surface area contributed by atoms with Gasteiger partial charge in [-0.1, -0.05) is 24.3 Å². The van der Waals surface area contributed by atoms with Crippen molar-refractivity contribution in [3.8, 4) is 0 Å². The number of carbonyl (C=O) groups excluding carboxylic acids is 1. The number of carbonyl (C=O) groups is 1. The summed E-state index contributed by atoms with van der Waals surface area (Å²) in [5, 5.41) is 1.02. The summed E-state index contributed by atoms with van der Waals surface area (Å²) in [6, 6.07) is 7.94. The third kappa shape index (κ3) is 1.38. The molecule has 76 valence electrons. The average molecular weight is 199 g/mol. The molecule has 0 amide bonds. The van der Waals surface area contributed by atoms with Crippen molar-refractivity contribution >= 4 is 17.2 Å². The van der Waals surface area contributed by atoms with E-state index in [9.17, 15) is 4.79 Å². The number of aromatic nitrogens is 1. The molecule has 0 radical (unpaired) electrons. The van der Waals surface area contributed by atoms with Crippen molar-refractivity contribution in [2.75, 3.05) is 0 Å². The van der Waals surface area contributed by atoms with E-state index >= 15 is 0 Å². The van der Waals surface area contributed by atoms with Crippen LogP contribution in [-0.4, -0.2) is 10.9 Å². The molecule has 1 heterocycles. The Hall–Kier alpha value is -1.83. The molecule has 0 aliphatic heterocycles. The van der Waals surface area contributed by atoms with Crippen LogP contribution in [0.25, 0.3) is 10.9 Å². The molecule has 0 aliphatic carbocycles. The lowest BCUT2D eigenvalue weighted by Crippen LogP contribution is -1.97. The van der Waals surface area contributed by atoms with Crippen LogP contribution in [0.3, 0.4) is 0 Å².